The Hall–Kier alpha value is -3.26. The molecule has 29 heavy (non-hydrogen) atoms. The van der Waals surface area contributed by atoms with E-state index in [-0.39, 0.29) is 11.6 Å². The monoisotopic (exact) mass is 392 g/mol. The van der Waals surface area contributed by atoms with E-state index in [1.54, 1.807) is 18.2 Å². The lowest BCUT2D eigenvalue weighted by molar-refractivity contribution is -0.117. The van der Waals surface area contributed by atoms with Crippen molar-refractivity contribution in [1.82, 2.24) is 5.32 Å². The number of benzene rings is 2. The predicted octanol–water partition coefficient (Wildman–Crippen LogP) is 5.05. The highest BCUT2D eigenvalue weighted by Crippen LogP contribution is 2.27. The quantitative estimate of drug-likeness (QED) is 0.454. The summed E-state index contributed by atoms with van der Waals surface area (Å²) in [7, 11) is 0. The first kappa shape index (κ1) is 22.0. The normalized spacial score (nSPS) is 12.0. The summed E-state index contributed by atoms with van der Waals surface area (Å²) in [5, 5.41) is 12.4. The molecule has 0 heterocycles. The van der Waals surface area contributed by atoms with Crippen molar-refractivity contribution in [3.63, 3.8) is 0 Å². The SMILES string of the molecule is CCCOc1ccc(/C=C(\C#N)C(=O)N[C@@H](C)c2ccccc2)c(OCCC)c1. The third-order valence-corrected chi connectivity index (χ3v) is 4.23. The number of nitriles is 1. The molecule has 1 atom stereocenters. The maximum absolute atomic E-state index is 12.6. The second-order valence-corrected chi connectivity index (χ2v) is 6.67. The number of carbonyl (C=O) groups is 1. The number of rotatable bonds is 10. The summed E-state index contributed by atoms with van der Waals surface area (Å²) in [6.07, 6.45) is 3.32. The van der Waals surface area contributed by atoms with Crippen molar-refractivity contribution >= 4 is 12.0 Å². The first-order chi connectivity index (χ1) is 14.1. The van der Waals surface area contributed by atoms with E-state index in [1.807, 2.05) is 63.2 Å². The first-order valence-corrected chi connectivity index (χ1v) is 9.96. The van der Waals surface area contributed by atoms with Crippen LogP contribution in [0.2, 0.25) is 0 Å². The molecule has 0 unspecified atom stereocenters. The van der Waals surface area contributed by atoms with Crippen molar-refractivity contribution in [2.75, 3.05) is 13.2 Å². The Kier molecular flexibility index (Phi) is 8.78. The zero-order chi connectivity index (χ0) is 21.1. The molecule has 1 amide bonds. The highest BCUT2D eigenvalue weighted by molar-refractivity contribution is 6.02. The van der Waals surface area contributed by atoms with Gasteiger partial charge in [0.05, 0.1) is 19.3 Å². The second kappa shape index (κ2) is 11.6. The van der Waals surface area contributed by atoms with Gasteiger partial charge in [-0.1, -0.05) is 44.2 Å². The van der Waals surface area contributed by atoms with Gasteiger partial charge in [0.1, 0.15) is 23.1 Å². The molecule has 2 rings (SSSR count). The van der Waals surface area contributed by atoms with Crippen molar-refractivity contribution < 1.29 is 14.3 Å². The maximum Gasteiger partial charge on any atom is 0.262 e. The average Bonchev–Trinajstić information content (AvgIpc) is 2.75. The third kappa shape index (κ3) is 6.69. The fourth-order valence-corrected chi connectivity index (χ4v) is 2.68. The van der Waals surface area contributed by atoms with Crippen LogP contribution in [0.3, 0.4) is 0 Å². The van der Waals surface area contributed by atoms with Gasteiger partial charge in [0, 0.05) is 11.6 Å². The van der Waals surface area contributed by atoms with E-state index in [9.17, 15) is 10.1 Å². The molecule has 152 valence electrons. The molecule has 0 aliphatic heterocycles. The van der Waals surface area contributed by atoms with Gasteiger partial charge in [-0.15, -0.1) is 0 Å². The summed E-state index contributed by atoms with van der Waals surface area (Å²) >= 11 is 0. The number of hydrogen-bond donors (Lipinski definition) is 1. The number of nitrogens with zero attached hydrogens (tertiary/aromatic N) is 1. The Morgan fingerprint density at radius 3 is 2.45 bits per heavy atom. The van der Waals surface area contributed by atoms with Gasteiger partial charge in [0.15, 0.2) is 0 Å². The second-order valence-electron chi connectivity index (χ2n) is 6.67. The Morgan fingerprint density at radius 1 is 1.10 bits per heavy atom. The zero-order valence-corrected chi connectivity index (χ0v) is 17.3. The summed E-state index contributed by atoms with van der Waals surface area (Å²) in [4.78, 5) is 12.6. The predicted molar refractivity (Wildman–Crippen MR) is 115 cm³/mol. The average molecular weight is 392 g/mol. The smallest absolute Gasteiger partial charge is 0.262 e. The van der Waals surface area contributed by atoms with Crippen molar-refractivity contribution in [3.05, 3.63) is 65.2 Å². The van der Waals surface area contributed by atoms with Crippen LogP contribution < -0.4 is 14.8 Å². The van der Waals surface area contributed by atoms with E-state index >= 15 is 0 Å². The minimum atomic E-state index is -0.420. The summed E-state index contributed by atoms with van der Waals surface area (Å²) in [5.74, 6) is 0.879. The summed E-state index contributed by atoms with van der Waals surface area (Å²) in [6, 6.07) is 16.8. The van der Waals surface area contributed by atoms with E-state index in [0.717, 1.165) is 18.4 Å². The molecule has 0 spiro atoms. The van der Waals surface area contributed by atoms with Gasteiger partial charge < -0.3 is 14.8 Å². The van der Waals surface area contributed by atoms with Crippen molar-refractivity contribution in [1.29, 1.82) is 5.26 Å². The fourth-order valence-electron chi connectivity index (χ4n) is 2.68. The molecular weight excluding hydrogens is 364 g/mol. The van der Waals surface area contributed by atoms with E-state index in [4.69, 9.17) is 9.47 Å². The van der Waals surface area contributed by atoms with E-state index in [0.29, 0.717) is 30.3 Å². The first-order valence-electron chi connectivity index (χ1n) is 9.96. The lowest BCUT2D eigenvalue weighted by Gasteiger charge is -2.14. The maximum atomic E-state index is 12.6. The summed E-state index contributed by atoms with van der Waals surface area (Å²) < 4.78 is 11.5. The van der Waals surface area contributed by atoms with Crippen LogP contribution in [-0.4, -0.2) is 19.1 Å². The van der Waals surface area contributed by atoms with Crippen LogP contribution >= 0.6 is 0 Å². The molecule has 5 nitrogen and oxygen atoms in total. The Bertz CT molecular complexity index is 869. The number of ether oxygens (including phenoxy) is 2. The molecule has 0 fully saturated rings. The number of nitrogens with one attached hydrogen (secondary N) is 1. The van der Waals surface area contributed by atoms with Gasteiger partial charge in [0.25, 0.3) is 5.91 Å². The molecule has 0 saturated carbocycles. The molecule has 1 N–H and O–H groups in total. The topological polar surface area (TPSA) is 71.3 Å². The van der Waals surface area contributed by atoms with Gasteiger partial charge >= 0.3 is 0 Å². The minimum absolute atomic E-state index is 0.0244. The largest absolute Gasteiger partial charge is 0.493 e. The van der Waals surface area contributed by atoms with Crippen LogP contribution in [0.1, 0.15) is 50.8 Å². The Labute approximate surface area is 173 Å². The molecule has 5 heteroatoms. The van der Waals surface area contributed by atoms with E-state index < -0.39 is 5.91 Å². The number of amides is 1. The van der Waals surface area contributed by atoms with Crippen LogP contribution in [0.25, 0.3) is 6.08 Å². The van der Waals surface area contributed by atoms with Gasteiger partial charge in [-0.2, -0.15) is 5.26 Å². The number of hydrogen-bond acceptors (Lipinski definition) is 4. The third-order valence-electron chi connectivity index (χ3n) is 4.23. The molecule has 0 bridgehead atoms. The highest BCUT2D eigenvalue weighted by Gasteiger charge is 2.15. The highest BCUT2D eigenvalue weighted by atomic mass is 16.5. The minimum Gasteiger partial charge on any atom is -0.493 e. The van der Waals surface area contributed by atoms with Gasteiger partial charge in [0.2, 0.25) is 0 Å². The van der Waals surface area contributed by atoms with E-state index in [1.165, 1.54) is 0 Å². The number of carbonyl (C=O) groups excluding carboxylic acids is 1. The summed E-state index contributed by atoms with van der Waals surface area (Å²) in [6.45, 7) is 7.10. The molecule has 2 aromatic carbocycles. The van der Waals surface area contributed by atoms with Crippen LogP contribution in [0.4, 0.5) is 0 Å². The standard InChI is InChI=1S/C24H28N2O3/c1-4-13-28-22-12-11-20(23(16-22)29-14-5-2)15-21(17-25)24(27)26-18(3)19-9-7-6-8-10-19/h6-12,15-16,18H,4-5,13-14H2,1-3H3,(H,26,27)/b21-15+/t18-/m0/s1. The van der Waals surface area contributed by atoms with Crippen LogP contribution in [0.5, 0.6) is 11.5 Å². The molecule has 0 saturated heterocycles. The molecule has 2 aromatic rings. The van der Waals surface area contributed by atoms with Crippen molar-refractivity contribution in [2.24, 2.45) is 0 Å². The lowest BCUT2D eigenvalue weighted by atomic mass is 10.1. The van der Waals surface area contributed by atoms with Crippen LogP contribution in [0.15, 0.2) is 54.1 Å². The van der Waals surface area contributed by atoms with Crippen LogP contribution in [0, 0.1) is 11.3 Å². The van der Waals surface area contributed by atoms with Crippen molar-refractivity contribution in [3.8, 4) is 17.6 Å². The molecule has 0 aromatic heterocycles. The van der Waals surface area contributed by atoms with Gasteiger partial charge in [-0.25, -0.2) is 0 Å². The lowest BCUT2D eigenvalue weighted by Crippen LogP contribution is -2.27. The molecule has 0 aliphatic rings. The van der Waals surface area contributed by atoms with E-state index in [2.05, 4.69) is 5.32 Å². The Balaban J connectivity index is 2.23. The molecular formula is C24H28N2O3. The molecule has 0 radical (unpaired) electrons. The zero-order valence-electron chi connectivity index (χ0n) is 17.3. The fraction of sp³-hybridized carbons (Fsp3) is 0.333. The molecule has 0 aliphatic carbocycles. The van der Waals surface area contributed by atoms with Gasteiger partial charge in [-0.3, -0.25) is 4.79 Å². The van der Waals surface area contributed by atoms with Crippen LogP contribution in [-0.2, 0) is 4.79 Å². The Morgan fingerprint density at radius 2 is 1.79 bits per heavy atom. The van der Waals surface area contributed by atoms with Gasteiger partial charge in [-0.05, 0) is 43.5 Å². The summed E-state index contributed by atoms with van der Waals surface area (Å²) in [5.41, 5.74) is 1.67. The van der Waals surface area contributed by atoms with Crippen molar-refractivity contribution in [2.45, 2.75) is 39.7 Å².